The van der Waals surface area contributed by atoms with Crippen molar-refractivity contribution in [1.82, 2.24) is 15.6 Å². The quantitative estimate of drug-likeness (QED) is 0.408. The first kappa shape index (κ1) is 19.6. The van der Waals surface area contributed by atoms with Gasteiger partial charge in [-0.2, -0.15) is 0 Å². The van der Waals surface area contributed by atoms with Crippen LogP contribution >= 0.6 is 35.3 Å². The minimum Gasteiger partial charge on any atom is -0.350 e. The van der Waals surface area contributed by atoms with E-state index in [4.69, 9.17) is 0 Å². The van der Waals surface area contributed by atoms with Gasteiger partial charge in [0, 0.05) is 30.4 Å². The summed E-state index contributed by atoms with van der Waals surface area (Å²) in [4.78, 5) is 22.9. The Morgan fingerprint density at radius 1 is 1.36 bits per heavy atom. The molecule has 134 valence electrons. The van der Waals surface area contributed by atoms with Crippen molar-refractivity contribution >= 4 is 52.9 Å². The van der Waals surface area contributed by atoms with Crippen LogP contribution in [0.4, 0.5) is 5.69 Å². The zero-order chi connectivity index (χ0) is 16.9. The average molecular weight is 471 g/mol. The molecule has 3 rings (SSSR count). The highest BCUT2D eigenvalue weighted by Crippen LogP contribution is 2.27. The molecule has 1 aliphatic heterocycles. The number of guanidine groups is 1. The molecule has 1 amide bonds. The fourth-order valence-corrected chi connectivity index (χ4v) is 3.43. The number of halogens is 1. The number of fused-ring (bicyclic) bond motifs is 1. The van der Waals surface area contributed by atoms with Gasteiger partial charge in [-0.15, -0.1) is 35.3 Å². The van der Waals surface area contributed by atoms with Crippen LogP contribution in [0.5, 0.6) is 0 Å². The van der Waals surface area contributed by atoms with E-state index >= 15 is 0 Å². The van der Waals surface area contributed by atoms with E-state index in [1.54, 1.807) is 18.4 Å². The summed E-state index contributed by atoms with van der Waals surface area (Å²) in [5, 5.41) is 9.27. The minimum absolute atomic E-state index is 0. The lowest BCUT2D eigenvalue weighted by molar-refractivity contribution is -0.117. The van der Waals surface area contributed by atoms with Crippen molar-refractivity contribution in [1.29, 1.82) is 0 Å². The van der Waals surface area contributed by atoms with Gasteiger partial charge in [-0.25, -0.2) is 4.98 Å². The molecule has 0 saturated heterocycles. The van der Waals surface area contributed by atoms with Crippen LogP contribution in [0.15, 0.2) is 34.6 Å². The third-order valence-corrected chi connectivity index (χ3v) is 4.86. The fourth-order valence-electron chi connectivity index (χ4n) is 2.72. The monoisotopic (exact) mass is 471 g/mol. The Labute approximate surface area is 168 Å². The van der Waals surface area contributed by atoms with Gasteiger partial charge in [0.15, 0.2) is 5.96 Å². The Hall–Kier alpha value is -1.68. The van der Waals surface area contributed by atoms with Gasteiger partial charge in [-0.05, 0) is 25.0 Å². The van der Waals surface area contributed by atoms with Crippen molar-refractivity contribution in [2.75, 3.05) is 25.0 Å². The summed E-state index contributed by atoms with van der Waals surface area (Å²) in [6.45, 7) is 3.52. The standard InChI is InChI=1S/C17H21N5OS.HI/c1-12-11-24-15(21-12)9-19-17(18-2)20-10-16(23)22-8-7-13-5-3-4-6-14(13)22;/h3-6,11H,7-10H2,1-2H3,(H2,18,19,20);1H. The van der Waals surface area contributed by atoms with Gasteiger partial charge in [0.25, 0.3) is 0 Å². The van der Waals surface area contributed by atoms with Gasteiger partial charge in [0.2, 0.25) is 5.91 Å². The van der Waals surface area contributed by atoms with E-state index < -0.39 is 0 Å². The molecule has 0 radical (unpaired) electrons. The number of hydrogen-bond donors (Lipinski definition) is 2. The maximum absolute atomic E-state index is 12.5. The number of aliphatic imine (C=N–C) groups is 1. The SMILES string of the molecule is CN=C(NCC(=O)N1CCc2ccccc21)NCc1nc(C)cs1.I. The number of nitrogens with zero attached hydrogens (tertiary/aromatic N) is 3. The lowest BCUT2D eigenvalue weighted by atomic mass is 10.2. The van der Waals surface area contributed by atoms with E-state index in [1.165, 1.54) is 5.56 Å². The Balaban J connectivity index is 0.00000225. The van der Waals surface area contributed by atoms with Crippen molar-refractivity contribution in [2.24, 2.45) is 4.99 Å². The van der Waals surface area contributed by atoms with E-state index in [9.17, 15) is 4.79 Å². The van der Waals surface area contributed by atoms with Crippen LogP contribution in [-0.4, -0.2) is 37.0 Å². The molecule has 0 unspecified atom stereocenters. The van der Waals surface area contributed by atoms with Crippen LogP contribution in [0.2, 0.25) is 0 Å². The molecular weight excluding hydrogens is 449 g/mol. The summed E-state index contributed by atoms with van der Waals surface area (Å²) < 4.78 is 0. The maximum atomic E-state index is 12.5. The summed E-state index contributed by atoms with van der Waals surface area (Å²) in [6, 6.07) is 8.05. The Bertz CT molecular complexity index is 761. The molecule has 2 N–H and O–H groups in total. The molecule has 0 spiro atoms. The first-order valence-corrected chi connectivity index (χ1v) is 8.79. The highest BCUT2D eigenvalue weighted by atomic mass is 127. The van der Waals surface area contributed by atoms with E-state index in [0.717, 1.165) is 29.4 Å². The molecule has 25 heavy (non-hydrogen) atoms. The molecule has 0 saturated carbocycles. The average Bonchev–Trinajstić information content (AvgIpc) is 3.21. The number of rotatable bonds is 4. The lowest BCUT2D eigenvalue weighted by Crippen LogP contribution is -2.44. The largest absolute Gasteiger partial charge is 0.350 e. The molecule has 6 nitrogen and oxygen atoms in total. The van der Waals surface area contributed by atoms with Gasteiger partial charge in [0.05, 0.1) is 13.1 Å². The second-order valence-corrected chi connectivity index (χ2v) is 6.53. The summed E-state index contributed by atoms with van der Waals surface area (Å²) in [5.41, 5.74) is 3.26. The third kappa shape index (κ3) is 4.91. The smallest absolute Gasteiger partial charge is 0.246 e. The number of para-hydroxylation sites is 1. The minimum atomic E-state index is 0. The number of thiazole rings is 1. The predicted molar refractivity (Wildman–Crippen MR) is 113 cm³/mol. The summed E-state index contributed by atoms with van der Waals surface area (Å²) in [7, 11) is 1.69. The van der Waals surface area contributed by atoms with E-state index in [1.807, 2.05) is 35.4 Å². The molecule has 2 aromatic rings. The summed E-state index contributed by atoms with van der Waals surface area (Å²) >= 11 is 1.61. The second kappa shape index (κ2) is 9.14. The van der Waals surface area contributed by atoms with Crippen LogP contribution in [-0.2, 0) is 17.8 Å². The van der Waals surface area contributed by atoms with Crippen molar-refractivity contribution in [2.45, 2.75) is 19.9 Å². The predicted octanol–water partition coefficient (Wildman–Crippen LogP) is 2.32. The Kier molecular flexibility index (Phi) is 7.18. The number of hydrogen-bond acceptors (Lipinski definition) is 4. The fraction of sp³-hybridized carbons (Fsp3) is 0.353. The first-order chi connectivity index (χ1) is 11.7. The number of anilines is 1. The topological polar surface area (TPSA) is 69.6 Å². The number of aryl methyl sites for hydroxylation is 1. The number of nitrogens with one attached hydrogen (secondary N) is 2. The van der Waals surface area contributed by atoms with E-state index in [-0.39, 0.29) is 36.4 Å². The van der Waals surface area contributed by atoms with Crippen molar-refractivity contribution in [3.63, 3.8) is 0 Å². The first-order valence-electron chi connectivity index (χ1n) is 7.91. The molecule has 1 aliphatic rings. The second-order valence-electron chi connectivity index (χ2n) is 5.59. The number of carbonyl (C=O) groups excluding carboxylic acids is 1. The molecule has 2 heterocycles. The Morgan fingerprint density at radius 2 is 2.16 bits per heavy atom. The molecule has 0 fully saturated rings. The third-order valence-electron chi connectivity index (χ3n) is 3.89. The van der Waals surface area contributed by atoms with Crippen molar-refractivity contribution in [3.8, 4) is 0 Å². The molecular formula is C17H22IN5OS. The zero-order valence-electron chi connectivity index (χ0n) is 14.3. The van der Waals surface area contributed by atoms with Gasteiger partial charge in [-0.3, -0.25) is 9.79 Å². The molecule has 0 bridgehead atoms. The molecule has 1 aromatic heterocycles. The van der Waals surface area contributed by atoms with Gasteiger partial charge in [0.1, 0.15) is 5.01 Å². The van der Waals surface area contributed by atoms with Crippen molar-refractivity contribution in [3.05, 3.63) is 45.9 Å². The number of amides is 1. The van der Waals surface area contributed by atoms with Crippen LogP contribution in [0.25, 0.3) is 0 Å². The molecule has 8 heteroatoms. The van der Waals surface area contributed by atoms with Crippen molar-refractivity contribution < 1.29 is 4.79 Å². The highest BCUT2D eigenvalue weighted by Gasteiger charge is 2.23. The van der Waals surface area contributed by atoms with E-state index in [0.29, 0.717) is 12.5 Å². The summed E-state index contributed by atoms with van der Waals surface area (Å²) in [6.07, 6.45) is 0.915. The number of carbonyl (C=O) groups is 1. The highest BCUT2D eigenvalue weighted by molar-refractivity contribution is 14.0. The van der Waals surface area contributed by atoms with Gasteiger partial charge < -0.3 is 15.5 Å². The maximum Gasteiger partial charge on any atom is 0.246 e. The lowest BCUT2D eigenvalue weighted by Gasteiger charge is -2.18. The normalized spacial score (nSPS) is 13.2. The number of aromatic nitrogens is 1. The van der Waals surface area contributed by atoms with Crippen LogP contribution in [0.3, 0.4) is 0 Å². The number of benzene rings is 1. The van der Waals surface area contributed by atoms with Crippen LogP contribution < -0.4 is 15.5 Å². The van der Waals surface area contributed by atoms with Gasteiger partial charge in [-0.1, -0.05) is 18.2 Å². The summed E-state index contributed by atoms with van der Waals surface area (Å²) in [5.74, 6) is 0.650. The van der Waals surface area contributed by atoms with Gasteiger partial charge >= 0.3 is 0 Å². The Morgan fingerprint density at radius 3 is 2.88 bits per heavy atom. The zero-order valence-corrected chi connectivity index (χ0v) is 17.4. The van der Waals surface area contributed by atoms with Crippen LogP contribution in [0.1, 0.15) is 16.3 Å². The van der Waals surface area contributed by atoms with E-state index in [2.05, 4.69) is 26.7 Å². The molecule has 1 aromatic carbocycles. The molecule has 0 atom stereocenters. The molecule has 0 aliphatic carbocycles. The van der Waals surface area contributed by atoms with Crippen LogP contribution in [0, 0.1) is 6.92 Å².